The van der Waals surface area contributed by atoms with Gasteiger partial charge in [-0.3, -0.25) is 14.8 Å². The second-order valence-corrected chi connectivity index (χ2v) is 7.63. The van der Waals surface area contributed by atoms with E-state index < -0.39 is 0 Å². The maximum atomic E-state index is 12.6. The van der Waals surface area contributed by atoms with Crippen LogP contribution in [0.5, 0.6) is 0 Å². The number of nitrogens with one attached hydrogen (secondary N) is 2. The van der Waals surface area contributed by atoms with Gasteiger partial charge >= 0.3 is 0 Å². The Labute approximate surface area is 155 Å². The van der Waals surface area contributed by atoms with Crippen molar-refractivity contribution >= 4 is 5.91 Å². The van der Waals surface area contributed by atoms with Crippen molar-refractivity contribution in [2.75, 3.05) is 13.1 Å². The molecule has 2 heterocycles. The summed E-state index contributed by atoms with van der Waals surface area (Å²) in [6.45, 7) is 2.09. The van der Waals surface area contributed by atoms with Gasteiger partial charge in [-0.1, -0.05) is 56.0 Å². The number of benzene rings is 1. The smallest absolute Gasteiger partial charge is 0.269 e. The molecule has 1 aromatic heterocycles. The highest BCUT2D eigenvalue weighted by Crippen LogP contribution is 2.25. The molecule has 1 atom stereocenters. The average molecular weight is 352 g/mol. The fraction of sp³-hybridized carbons (Fsp3) is 0.524. The standard InChI is InChI=1S/C21H28N4O/c26-21(20-14-19(23-24-20)16-8-4-3-5-9-16)22-17-12-13-25(15-17)18-10-6-1-2-7-11-18/h3-5,8-9,14,17-18H,1-2,6-7,10-13,15H2,(H,22,26)(H,23,24). The van der Waals surface area contributed by atoms with Gasteiger partial charge in [-0.05, 0) is 25.3 Å². The molecule has 26 heavy (non-hydrogen) atoms. The Morgan fingerprint density at radius 2 is 1.85 bits per heavy atom. The zero-order valence-corrected chi connectivity index (χ0v) is 15.3. The minimum Gasteiger partial charge on any atom is -0.347 e. The number of aromatic amines is 1. The molecular formula is C21H28N4O. The molecule has 1 amide bonds. The second kappa shape index (κ2) is 8.04. The summed E-state index contributed by atoms with van der Waals surface area (Å²) >= 11 is 0. The summed E-state index contributed by atoms with van der Waals surface area (Å²) in [5.41, 5.74) is 2.36. The quantitative estimate of drug-likeness (QED) is 0.827. The summed E-state index contributed by atoms with van der Waals surface area (Å²) in [5, 5.41) is 10.4. The summed E-state index contributed by atoms with van der Waals surface area (Å²) in [6.07, 6.45) is 9.16. The number of aromatic nitrogens is 2. The van der Waals surface area contributed by atoms with E-state index >= 15 is 0 Å². The highest BCUT2D eigenvalue weighted by Gasteiger charge is 2.29. The first-order chi connectivity index (χ1) is 12.8. The Kier molecular flexibility index (Phi) is 5.34. The Hall–Kier alpha value is -2.14. The van der Waals surface area contributed by atoms with Crippen LogP contribution >= 0.6 is 0 Å². The van der Waals surface area contributed by atoms with E-state index in [1.54, 1.807) is 0 Å². The van der Waals surface area contributed by atoms with Gasteiger partial charge in [-0.15, -0.1) is 0 Å². The lowest BCUT2D eigenvalue weighted by Gasteiger charge is -2.26. The van der Waals surface area contributed by atoms with Crippen molar-refractivity contribution in [1.82, 2.24) is 20.4 Å². The Morgan fingerprint density at radius 1 is 1.08 bits per heavy atom. The third kappa shape index (κ3) is 3.98. The first-order valence-corrected chi connectivity index (χ1v) is 9.95. The molecule has 2 N–H and O–H groups in total. The predicted molar refractivity (Wildman–Crippen MR) is 103 cm³/mol. The van der Waals surface area contributed by atoms with Gasteiger partial charge in [0.2, 0.25) is 0 Å². The molecular weight excluding hydrogens is 324 g/mol. The second-order valence-electron chi connectivity index (χ2n) is 7.63. The van der Waals surface area contributed by atoms with Gasteiger partial charge in [0.25, 0.3) is 5.91 Å². The monoisotopic (exact) mass is 352 g/mol. The van der Waals surface area contributed by atoms with Crippen LogP contribution < -0.4 is 5.32 Å². The van der Waals surface area contributed by atoms with Crippen molar-refractivity contribution in [1.29, 1.82) is 0 Å². The lowest BCUT2D eigenvalue weighted by atomic mass is 10.1. The molecule has 0 spiro atoms. The van der Waals surface area contributed by atoms with E-state index in [1.807, 2.05) is 36.4 Å². The zero-order valence-electron chi connectivity index (χ0n) is 15.3. The van der Waals surface area contributed by atoms with Crippen LogP contribution in [0, 0.1) is 0 Å². The van der Waals surface area contributed by atoms with E-state index in [2.05, 4.69) is 20.4 Å². The number of amides is 1. The molecule has 2 aliphatic rings. The van der Waals surface area contributed by atoms with Crippen molar-refractivity contribution < 1.29 is 4.79 Å². The molecule has 1 saturated carbocycles. The summed E-state index contributed by atoms with van der Waals surface area (Å²) in [7, 11) is 0. The highest BCUT2D eigenvalue weighted by atomic mass is 16.2. The first-order valence-electron chi connectivity index (χ1n) is 9.95. The van der Waals surface area contributed by atoms with E-state index in [9.17, 15) is 4.79 Å². The number of H-pyrrole nitrogens is 1. The van der Waals surface area contributed by atoms with Crippen LogP contribution in [0.1, 0.15) is 55.4 Å². The Balaban J connectivity index is 1.33. The third-order valence-corrected chi connectivity index (χ3v) is 5.79. The maximum Gasteiger partial charge on any atom is 0.269 e. The number of hydrogen-bond donors (Lipinski definition) is 2. The predicted octanol–water partition coefficient (Wildman–Crippen LogP) is 3.60. The van der Waals surface area contributed by atoms with Crippen LogP contribution in [-0.2, 0) is 0 Å². The van der Waals surface area contributed by atoms with E-state index in [4.69, 9.17) is 0 Å². The normalized spacial score (nSPS) is 22.2. The van der Waals surface area contributed by atoms with Crippen LogP contribution in [0.15, 0.2) is 36.4 Å². The van der Waals surface area contributed by atoms with Crippen LogP contribution in [0.4, 0.5) is 0 Å². The van der Waals surface area contributed by atoms with Gasteiger partial charge in [-0.25, -0.2) is 0 Å². The minimum atomic E-state index is -0.0487. The SMILES string of the molecule is O=C(NC1CCN(C2CCCCCC2)C1)c1cc(-c2ccccc2)n[nH]1. The van der Waals surface area contributed by atoms with Crippen molar-refractivity contribution in [2.24, 2.45) is 0 Å². The van der Waals surface area contributed by atoms with Crippen LogP contribution in [0.25, 0.3) is 11.3 Å². The summed E-state index contributed by atoms with van der Waals surface area (Å²) in [5.74, 6) is -0.0487. The fourth-order valence-corrected chi connectivity index (χ4v) is 4.32. The molecule has 5 nitrogen and oxygen atoms in total. The van der Waals surface area contributed by atoms with E-state index in [-0.39, 0.29) is 11.9 Å². The molecule has 0 bridgehead atoms. The van der Waals surface area contributed by atoms with Crippen LogP contribution in [0.2, 0.25) is 0 Å². The molecule has 0 radical (unpaired) electrons. The van der Waals surface area contributed by atoms with Crippen molar-refractivity contribution in [2.45, 2.75) is 57.0 Å². The molecule has 2 fully saturated rings. The lowest BCUT2D eigenvalue weighted by Crippen LogP contribution is -2.39. The van der Waals surface area contributed by atoms with Gasteiger partial charge < -0.3 is 5.32 Å². The van der Waals surface area contributed by atoms with Crippen molar-refractivity contribution in [3.63, 3.8) is 0 Å². The van der Waals surface area contributed by atoms with Crippen LogP contribution in [-0.4, -0.2) is 46.2 Å². The Morgan fingerprint density at radius 3 is 2.62 bits per heavy atom. The summed E-state index contributed by atoms with van der Waals surface area (Å²) < 4.78 is 0. The van der Waals surface area contributed by atoms with Crippen molar-refractivity contribution in [3.05, 3.63) is 42.1 Å². The van der Waals surface area contributed by atoms with E-state index in [0.29, 0.717) is 5.69 Å². The number of rotatable bonds is 4. The Bertz CT molecular complexity index is 719. The summed E-state index contributed by atoms with van der Waals surface area (Å²) in [4.78, 5) is 15.2. The molecule has 1 aliphatic carbocycles. The molecule has 138 valence electrons. The van der Waals surface area contributed by atoms with Gasteiger partial charge in [0, 0.05) is 30.7 Å². The van der Waals surface area contributed by atoms with Crippen molar-refractivity contribution in [3.8, 4) is 11.3 Å². The van der Waals surface area contributed by atoms with E-state index in [0.717, 1.165) is 36.8 Å². The molecule has 4 rings (SSSR count). The summed E-state index contributed by atoms with van der Waals surface area (Å²) in [6, 6.07) is 12.7. The van der Waals surface area contributed by atoms with Crippen LogP contribution in [0.3, 0.4) is 0 Å². The fourth-order valence-electron chi connectivity index (χ4n) is 4.32. The number of hydrogen-bond acceptors (Lipinski definition) is 3. The van der Waals surface area contributed by atoms with Gasteiger partial charge in [0.05, 0.1) is 5.69 Å². The largest absolute Gasteiger partial charge is 0.347 e. The molecule has 1 unspecified atom stereocenters. The molecule has 2 aromatic rings. The molecule has 5 heteroatoms. The first kappa shape index (κ1) is 17.3. The topological polar surface area (TPSA) is 61.0 Å². The van der Waals surface area contributed by atoms with Gasteiger partial charge in [-0.2, -0.15) is 5.10 Å². The number of carbonyl (C=O) groups excluding carboxylic acids is 1. The third-order valence-electron chi connectivity index (χ3n) is 5.79. The maximum absolute atomic E-state index is 12.6. The van der Waals surface area contributed by atoms with E-state index in [1.165, 1.54) is 38.5 Å². The molecule has 1 saturated heterocycles. The van der Waals surface area contributed by atoms with Gasteiger partial charge in [0.1, 0.15) is 5.69 Å². The lowest BCUT2D eigenvalue weighted by molar-refractivity contribution is 0.0930. The minimum absolute atomic E-state index is 0.0487. The molecule has 1 aliphatic heterocycles. The number of likely N-dealkylation sites (tertiary alicyclic amines) is 1. The number of carbonyl (C=O) groups is 1. The van der Waals surface area contributed by atoms with Gasteiger partial charge in [0.15, 0.2) is 0 Å². The average Bonchev–Trinajstić information content (AvgIpc) is 3.26. The number of nitrogens with zero attached hydrogens (tertiary/aromatic N) is 2. The molecule has 1 aromatic carbocycles. The zero-order chi connectivity index (χ0) is 17.8. The highest BCUT2D eigenvalue weighted by molar-refractivity contribution is 5.93.